The molecule has 1 aromatic rings. The molecule has 1 aromatic carbocycles. The first kappa shape index (κ1) is 21.1. The number of amides is 4. The van der Waals surface area contributed by atoms with Crippen molar-refractivity contribution in [1.29, 1.82) is 0 Å². The third kappa shape index (κ3) is 4.35. The molecule has 166 valence electrons. The Bertz CT molecular complexity index is 924. The molecular formula is C22H28N4O5. The largest absolute Gasteiger partial charge is 0.467 e. The summed E-state index contributed by atoms with van der Waals surface area (Å²) >= 11 is 0. The van der Waals surface area contributed by atoms with Crippen molar-refractivity contribution < 1.29 is 23.9 Å². The molecule has 0 radical (unpaired) electrons. The van der Waals surface area contributed by atoms with E-state index in [1.165, 1.54) is 6.92 Å². The van der Waals surface area contributed by atoms with Gasteiger partial charge in [0.25, 0.3) is 5.91 Å². The number of rotatable bonds is 2. The molecule has 1 N–H and O–H groups in total. The molecule has 3 aliphatic rings. The second-order valence-electron chi connectivity index (χ2n) is 8.50. The number of ether oxygens (including phenoxy) is 1. The Morgan fingerprint density at radius 2 is 1.77 bits per heavy atom. The number of nitrogens with one attached hydrogen (secondary N) is 1. The molecule has 9 heteroatoms. The fourth-order valence-electron chi connectivity index (χ4n) is 4.38. The van der Waals surface area contributed by atoms with E-state index in [0.29, 0.717) is 56.9 Å². The van der Waals surface area contributed by atoms with Crippen LogP contribution >= 0.6 is 0 Å². The van der Waals surface area contributed by atoms with Gasteiger partial charge in [-0.25, -0.2) is 0 Å². The molecule has 0 aliphatic carbocycles. The first-order valence-electron chi connectivity index (χ1n) is 10.7. The van der Waals surface area contributed by atoms with Crippen LogP contribution in [0.2, 0.25) is 0 Å². The molecule has 1 atom stereocenters. The van der Waals surface area contributed by atoms with Crippen LogP contribution in [0, 0.1) is 6.92 Å². The molecule has 4 rings (SSSR count). The van der Waals surface area contributed by atoms with Crippen LogP contribution in [0.15, 0.2) is 18.2 Å². The summed E-state index contributed by atoms with van der Waals surface area (Å²) in [7, 11) is 0. The minimum atomic E-state index is -0.945. The van der Waals surface area contributed by atoms with Gasteiger partial charge in [-0.2, -0.15) is 0 Å². The summed E-state index contributed by atoms with van der Waals surface area (Å²) in [5.74, 6) is 0.0772. The number of fused-ring (bicyclic) bond motifs is 1. The fourth-order valence-corrected chi connectivity index (χ4v) is 4.38. The van der Waals surface area contributed by atoms with Gasteiger partial charge in [-0.15, -0.1) is 0 Å². The lowest BCUT2D eigenvalue weighted by molar-refractivity contribution is -0.143. The zero-order valence-corrected chi connectivity index (χ0v) is 18.0. The van der Waals surface area contributed by atoms with Crippen molar-refractivity contribution in [2.75, 3.05) is 39.3 Å². The summed E-state index contributed by atoms with van der Waals surface area (Å²) in [6.45, 7) is 5.72. The lowest BCUT2D eigenvalue weighted by Gasteiger charge is -2.38. The van der Waals surface area contributed by atoms with Crippen molar-refractivity contribution in [2.24, 2.45) is 0 Å². The quantitative estimate of drug-likeness (QED) is 0.740. The summed E-state index contributed by atoms with van der Waals surface area (Å²) in [6, 6.07) is 5.47. The van der Waals surface area contributed by atoms with Gasteiger partial charge in [0.1, 0.15) is 5.75 Å². The summed E-state index contributed by atoms with van der Waals surface area (Å²) in [5, 5.41) is 2.96. The van der Waals surface area contributed by atoms with Crippen LogP contribution in [0.5, 0.6) is 5.75 Å². The molecule has 0 unspecified atom stereocenters. The lowest BCUT2D eigenvalue weighted by Crippen LogP contribution is -2.56. The molecule has 2 saturated heterocycles. The number of nitrogens with zero attached hydrogens (tertiary/aromatic N) is 3. The molecule has 2 fully saturated rings. The van der Waals surface area contributed by atoms with E-state index < -0.39 is 5.72 Å². The Hall–Kier alpha value is -3.10. The smallest absolute Gasteiger partial charge is 0.258 e. The zero-order valence-electron chi connectivity index (χ0n) is 18.0. The molecule has 31 heavy (non-hydrogen) atoms. The lowest BCUT2D eigenvalue weighted by atomic mass is 9.99. The molecule has 3 aliphatic heterocycles. The van der Waals surface area contributed by atoms with Crippen LogP contribution in [-0.4, -0.2) is 83.3 Å². The molecule has 0 aromatic heterocycles. The normalized spacial score (nSPS) is 23.7. The molecule has 3 heterocycles. The summed E-state index contributed by atoms with van der Waals surface area (Å²) < 4.78 is 6.17. The van der Waals surface area contributed by atoms with Gasteiger partial charge in [0, 0.05) is 58.9 Å². The van der Waals surface area contributed by atoms with Crippen LogP contribution in [-0.2, 0) is 14.4 Å². The van der Waals surface area contributed by atoms with Crippen LogP contribution in [0.25, 0.3) is 0 Å². The number of hydrogen-bond donors (Lipinski definition) is 1. The number of aryl methyl sites for hydroxylation is 1. The van der Waals surface area contributed by atoms with Gasteiger partial charge in [0.2, 0.25) is 17.7 Å². The predicted octanol–water partition coefficient (Wildman–Crippen LogP) is 0.517. The molecule has 0 saturated carbocycles. The minimum absolute atomic E-state index is 0.00128. The van der Waals surface area contributed by atoms with E-state index in [9.17, 15) is 19.2 Å². The highest BCUT2D eigenvalue weighted by Gasteiger charge is 2.43. The third-order valence-electron chi connectivity index (χ3n) is 6.31. The highest BCUT2D eigenvalue weighted by atomic mass is 16.5. The summed E-state index contributed by atoms with van der Waals surface area (Å²) in [5.41, 5.74) is 0.524. The van der Waals surface area contributed by atoms with E-state index in [4.69, 9.17) is 4.74 Å². The van der Waals surface area contributed by atoms with E-state index in [1.54, 1.807) is 26.8 Å². The van der Waals surface area contributed by atoms with E-state index in [1.807, 2.05) is 13.0 Å². The SMILES string of the molecule is CC(=O)N1CCN(C(=O)CN2CC[C@]3(CCC2=O)NC(=O)c2cc(C)ccc2O3)CC1. The molecule has 9 nitrogen and oxygen atoms in total. The average molecular weight is 428 g/mol. The number of likely N-dealkylation sites (tertiary alicyclic amines) is 1. The van der Waals surface area contributed by atoms with Gasteiger partial charge in [-0.1, -0.05) is 11.6 Å². The summed E-state index contributed by atoms with van der Waals surface area (Å²) in [6.07, 6.45) is 0.947. The van der Waals surface area contributed by atoms with Gasteiger partial charge < -0.3 is 24.8 Å². The van der Waals surface area contributed by atoms with E-state index in [2.05, 4.69) is 5.32 Å². The second-order valence-corrected chi connectivity index (χ2v) is 8.50. The van der Waals surface area contributed by atoms with Crippen molar-refractivity contribution >= 4 is 23.6 Å². The van der Waals surface area contributed by atoms with E-state index in [-0.39, 0.29) is 36.6 Å². The molecule has 4 amide bonds. The Labute approximate surface area is 181 Å². The van der Waals surface area contributed by atoms with Crippen LogP contribution in [0.3, 0.4) is 0 Å². The molecule has 1 spiro atoms. The number of piperazine rings is 1. The van der Waals surface area contributed by atoms with Gasteiger partial charge in [-0.05, 0) is 19.1 Å². The topological polar surface area (TPSA) is 99.3 Å². The maximum Gasteiger partial charge on any atom is 0.258 e. The monoisotopic (exact) mass is 428 g/mol. The maximum atomic E-state index is 12.7. The third-order valence-corrected chi connectivity index (χ3v) is 6.31. The first-order chi connectivity index (χ1) is 14.8. The van der Waals surface area contributed by atoms with Gasteiger partial charge in [-0.3, -0.25) is 19.2 Å². The summed E-state index contributed by atoms with van der Waals surface area (Å²) in [4.78, 5) is 54.5. The van der Waals surface area contributed by atoms with Crippen molar-refractivity contribution in [3.8, 4) is 5.75 Å². The number of hydrogen-bond acceptors (Lipinski definition) is 5. The van der Waals surface area contributed by atoms with Crippen molar-refractivity contribution in [1.82, 2.24) is 20.0 Å². The predicted molar refractivity (Wildman–Crippen MR) is 111 cm³/mol. The first-order valence-corrected chi connectivity index (χ1v) is 10.7. The number of benzene rings is 1. The van der Waals surface area contributed by atoms with Crippen LogP contribution in [0.1, 0.15) is 42.1 Å². The number of carbonyl (C=O) groups excluding carboxylic acids is 4. The fraction of sp³-hybridized carbons (Fsp3) is 0.545. The van der Waals surface area contributed by atoms with Crippen molar-refractivity contribution in [3.63, 3.8) is 0 Å². The highest BCUT2D eigenvalue weighted by Crippen LogP contribution is 2.34. The van der Waals surface area contributed by atoms with Crippen molar-refractivity contribution in [2.45, 2.75) is 38.8 Å². The standard InChI is InChI=1S/C22H28N4O5/c1-15-3-4-18-17(13-15)21(30)23-22(31-18)6-5-19(28)26(8-7-22)14-20(29)25-11-9-24(10-12-25)16(2)27/h3-4,13H,5-12,14H2,1-2H3,(H,23,30)/t22-/m1/s1. The molecule has 0 bridgehead atoms. The Morgan fingerprint density at radius 1 is 1.06 bits per heavy atom. The zero-order chi connectivity index (χ0) is 22.2. The Balaban J connectivity index is 1.39. The Morgan fingerprint density at radius 3 is 2.48 bits per heavy atom. The average Bonchev–Trinajstić information content (AvgIpc) is 2.89. The number of carbonyl (C=O) groups is 4. The second kappa shape index (κ2) is 8.20. The molecular weight excluding hydrogens is 400 g/mol. The van der Waals surface area contributed by atoms with Gasteiger partial charge in [0.15, 0.2) is 5.72 Å². The Kier molecular flexibility index (Phi) is 5.60. The van der Waals surface area contributed by atoms with Gasteiger partial charge >= 0.3 is 0 Å². The van der Waals surface area contributed by atoms with E-state index >= 15 is 0 Å². The van der Waals surface area contributed by atoms with Crippen LogP contribution in [0.4, 0.5) is 0 Å². The van der Waals surface area contributed by atoms with E-state index in [0.717, 1.165) is 5.56 Å². The van der Waals surface area contributed by atoms with Gasteiger partial charge in [0.05, 0.1) is 12.1 Å². The maximum absolute atomic E-state index is 12.7. The van der Waals surface area contributed by atoms with Crippen LogP contribution < -0.4 is 10.1 Å². The highest BCUT2D eigenvalue weighted by molar-refractivity contribution is 5.98. The minimum Gasteiger partial charge on any atom is -0.467 e. The van der Waals surface area contributed by atoms with Crippen molar-refractivity contribution in [3.05, 3.63) is 29.3 Å².